The predicted octanol–water partition coefficient (Wildman–Crippen LogP) is 2.51. The van der Waals surface area contributed by atoms with Crippen LogP contribution in [-0.2, 0) is 6.42 Å². The second kappa shape index (κ2) is 8.94. The average Bonchev–Trinajstić information content (AvgIpc) is 2.42. The molecule has 1 unspecified atom stereocenters. The Morgan fingerprint density at radius 2 is 2.11 bits per heavy atom. The summed E-state index contributed by atoms with van der Waals surface area (Å²) in [4.78, 5) is 0. The zero-order valence-electron chi connectivity index (χ0n) is 12.5. The van der Waals surface area contributed by atoms with Gasteiger partial charge < -0.3 is 15.8 Å². The number of hydrogen-bond acceptors (Lipinski definition) is 3. The Balaban J connectivity index is 2.35. The number of nitrogens with two attached hydrogens (primary N) is 1. The van der Waals surface area contributed by atoms with E-state index >= 15 is 0 Å². The summed E-state index contributed by atoms with van der Waals surface area (Å²) in [6.45, 7) is 9.81. The number of benzene rings is 1. The normalized spacial score (nSPS) is 12.4. The molecule has 1 atom stereocenters. The summed E-state index contributed by atoms with van der Waals surface area (Å²) in [5, 5.41) is 3.48. The summed E-state index contributed by atoms with van der Waals surface area (Å²) >= 11 is 0. The quantitative estimate of drug-likeness (QED) is 0.674. The van der Waals surface area contributed by atoms with E-state index < -0.39 is 0 Å². The number of hydrogen-bond donors (Lipinski definition) is 2. The summed E-state index contributed by atoms with van der Waals surface area (Å²) in [6.07, 6.45) is 2.19. The zero-order valence-corrected chi connectivity index (χ0v) is 12.5. The Hall–Kier alpha value is -1.06. The Morgan fingerprint density at radius 3 is 2.68 bits per heavy atom. The highest BCUT2D eigenvalue weighted by atomic mass is 16.5. The van der Waals surface area contributed by atoms with Crippen LogP contribution in [0.25, 0.3) is 0 Å². The van der Waals surface area contributed by atoms with E-state index in [1.165, 1.54) is 11.1 Å². The van der Waals surface area contributed by atoms with E-state index in [1.807, 2.05) is 6.92 Å². The Kier molecular flexibility index (Phi) is 7.53. The molecule has 0 saturated carbocycles. The van der Waals surface area contributed by atoms with Crippen molar-refractivity contribution in [1.82, 2.24) is 5.32 Å². The van der Waals surface area contributed by atoms with Gasteiger partial charge in [-0.15, -0.1) is 0 Å². The van der Waals surface area contributed by atoms with E-state index in [9.17, 15) is 0 Å². The molecule has 0 spiro atoms. The standard InChI is InChI=1S/C16H28N2O/c1-4-14(11-17)12-18-9-8-15-6-7-16(19-5-2)13(3)10-15/h6-7,10,14,18H,4-5,8-9,11-12,17H2,1-3H3. The molecule has 1 aromatic rings. The van der Waals surface area contributed by atoms with Crippen molar-refractivity contribution in [3.63, 3.8) is 0 Å². The monoisotopic (exact) mass is 264 g/mol. The summed E-state index contributed by atoms with van der Waals surface area (Å²) in [5.41, 5.74) is 8.26. The molecular weight excluding hydrogens is 236 g/mol. The minimum absolute atomic E-state index is 0.599. The van der Waals surface area contributed by atoms with Crippen molar-refractivity contribution in [2.45, 2.75) is 33.6 Å². The van der Waals surface area contributed by atoms with Crippen LogP contribution in [0.4, 0.5) is 0 Å². The van der Waals surface area contributed by atoms with E-state index in [4.69, 9.17) is 10.5 Å². The largest absolute Gasteiger partial charge is 0.494 e. The lowest BCUT2D eigenvalue weighted by atomic mass is 10.1. The number of ether oxygens (including phenoxy) is 1. The zero-order chi connectivity index (χ0) is 14.1. The van der Waals surface area contributed by atoms with E-state index in [1.54, 1.807) is 0 Å². The second-order valence-electron chi connectivity index (χ2n) is 5.00. The SMILES string of the molecule is CCOc1ccc(CCNCC(CC)CN)cc1C. The molecule has 1 rings (SSSR count). The van der Waals surface area contributed by atoms with Gasteiger partial charge >= 0.3 is 0 Å². The molecule has 0 radical (unpaired) electrons. The summed E-state index contributed by atoms with van der Waals surface area (Å²) in [7, 11) is 0. The molecular formula is C16H28N2O. The van der Waals surface area contributed by atoms with Crippen LogP contribution in [0.5, 0.6) is 5.75 Å². The van der Waals surface area contributed by atoms with Gasteiger partial charge in [0.1, 0.15) is 5.75 Å². The van der Waals surface area contributed by atoms with Crippen LogP contribution in [0.1, 0.15) is 31.4 Å². The Morgan fingerprint density at radius 1 is 1.32 bits per heavy atom. The van der Waals surface area contributed by atoms with Crippen LogP contribution >= 0.6 is 0 Å². The van der Waals surface area contributed by atoms with Crippen LogP contribution in [0, 0.1) is 12.8 Å². The first-order chi connectivity index (χ1) is 9.21. The highest BCUT2D eigenvalue weighted by molar-refractivity contribution is 5.36. The van der Waals surface area contributed by atoms with Gasteiger partial charge in [0.25, 0.3) is 0 Å². The first-order valence-electron chi connectivity index (χ1n) is 7.34. The number of rotatable bonds is 9. The van der Waals surface area contributed by atoms with Gasteiger partial charge in [-0.3, -0.25) is 0 Å². The smallest absolute Gasteiger partial charge is 0.122 e. The molecule has 3 nitrogen and oxygen atoms in total. The maximum atomic E-state index is 5.69. The first-order valence-corrected chi connectivity index (χ1v) is 7.34. The van der Waals surface area contributed by atoms with E-state index in [0.717, 1.165) is 44.8 Å². The van der Waals surface area contributed by atoms with Gasteiger partial charge in [0.05, 0.1) is 6.61 Å². The lowest BCUT2D eigenvalue weighted by Gasteiger charge is -2.13. The average molecular weight is 264 g/mol. The summed E-state index contributed by atoms with van der Waals surface area (Å²) in [5.74, 6) is 1.59. The van der Waals surface area contributed by atoms with Crippen LogP contribution in [0.2, 0.25) is 0 Å². The van der Waals surface area contributed by atoms with Crippen molar-refractivity contribution in [2.75, 3.05) is 26.2 Å². The molecule has 0 aliphatic heterocycles. The summed E-state index contributed by atoms with van der Waals surface area (Å²) in [6, 6.07) is 6.44. The molecule has 0 aliphatic carbocycles. The van der Waals surface area contributed by atoms with Gasteiger partial charge in [0, 0.05) is 0 Å². The second-order valence-corrected chi connectivity index (χ2v) is 5.00. The fourth-order valence-corrected chi connectivity index (χ4v) is 2.12. The molecule has 108 valence electrons. The lowest BCUT2D eigenvalue weighted by Crippen LogP contribution is -2.29. The van der Waals surface area contributed by atoms with Crippen molar-refractivity contribution in [3.8, 4) is 5.75 Å². The third kappa shape index (κ3) is 5.62. The lowest BCUT2D eigenvalue weighted by molar-refractivity contribution is 0.338. The number of nitrogens with one attached hydrogen (secondary N) is 1. The topological polar surface area (TPSA) is 47.3 Å². The highest BCUT2D eigenvalue weighted by Gasteiger charge is 2.03. The van der Waals surface area contributed by atoms with Crippen LogP contribution in [0.15, 0.2) is 18.2 Å². The highest BCUT2D eigenvalue weighted by Crippen LogP contribution is 2.19. The molecule has 0 aliphatic rings. The van der Waals surface area contributed by atoms with Gasteiger partial charge in [-0.25, -0.2) is 0 Å². The van der Waals surface area contributed by atoms with E-state index in [0.29, 0.717) is 5.92 Å². The molecule has 19 heavy (non-hydrogen) atoms. The fourth-order valence-electron chi connectivity index (χ4n) is 2.12. The maximum absolute atomic E-state index is 5.69. The van der Waals surface area contributed by atoms with Crippen LogP contribution in [0.3, 0.4) is 0 Å². The van der Waals surface area contributed by atoms with Crippen LogP contribution < -0.4 is 15.8 Å². The van der Waals surface area contributed by atoms with Crippen molar-refractivity contribution in [1.29, 1.82) is 0 Å². The van der Waals surface area contributed by atoms with E-state index in [-0.39, 0.29) is 0 Å². The van der Waals surface area contributed by atoms with Gasteiger partial charge in [-0.1, -0.05) is 25.5 Å². The molecule has 0 amide bonds. The minimum atomic E-state index is 0.599. The predicted molar refractivity (Wildman–Crippen MR) is 81.8 cm³/mol. The maximum Gasteiger partial charge on any atom is 0.122 e. The van der Waals surface area contributed by atoms with Gasteiger partial charge in [-0.2, -0.15) is 0 Å². The first kappa shape index (κ1) is 16.0. The molecule has 3 heteroatoms. The molecule has 0 fully saturated rings. The van der Waals surface area contributed by atoms with Crippen molar-refractivity contribution < 1.29 is 4.74 Å². The number of aryl methyl sites for hydroxylation is 1. The molecule has 0 bridgehead atoms. The van der Waals surface area contributed by atoms with Gasteiger partial charge in [-0.05, 0) is 63.0 Å². The molecule has 0 saturated heterocycles. The van der Waals surface area contributed by atoms with Gasteiger partial charge in [0.2, 0.25) is 0 Å². The minimum Gasteiger partial charge on any atom is -0.494 e. The third-order valence-corrected chi connectivity index (χ3v) is 3.47. The van der Waals surface area contributed by atoms with Crippen molar-refractivity contribution >= 4 is 0 Å². The third-order valence-electron chi connectivity index (χ3n) is 3.47. The van der Waals surface area contributed by atoms with Crippen molar-refractivity contribution in [3.05, 3.63) is 29.3 Å². The summed E-state index contributed by atoms with van der Waals surface area (Å²) < 4.78 is 5.55. The fraction of sp³-hybridized carbons (Fsp3) is 0.625. The Bertz CT molecular complexity index is 362. The molecule has 1 aromatic carbocycles. The van der Waals surface area contributed by atoms with E-state index in [2.05, 4.69) is 37.4 Å². The molecule has 0 heterocycles. The molecule has 0 aromatic heterocycles. The Labute approximate surface area is 117 Å². The van der Waals surface area contributed by atoms with Crippen LogP contribution in [-0.4, -0.2) is 26.2 Å². The van der Waals surface area contributed by atoms with Gasteiger partial charge in [0.15, 0.2) is 0 Å². The van der Waals surface area contributed by atoms with Crippen molar-refractivity contribution in [2.24, 2.45) is 11.7 Å². The molecule has 3 N–H and O–H groups in total.